The monoisotopic (exact) mass is 422 g/mol. The van der Waals surface area contributed by atoms with Gasteiger partial charge in [0.25, 0.3) is 11.8 Å². The van der Waals surface area contributed by atoms with Crippen LogP contribution in [-0.2, 0) is 4.79 Å². The van der Waals surface area contributed by atoms with Crippen LogP contribution >= 0.6 is 28.1 Å². The quantitative estimate of drug-likeness (QED) is 0.514. The minimum absolute atomic E-state index is 0.0384. The second-order valence-electron chi connectivity index (χ2n) is 4.89. The van der Waals surface area contributed by atoms with Crippen LogP contribution in [0.2, 0.25) is 0 Å². The summed E-state index contributed by atoms with van der Waals surface area (Å²) in [5.74, 6) is -0.248. The molecule has 2 aromatic rings. The topological polar surface area (TPSA) is 92.4 Å². The summed E-state index contributed by atoms with van der Waals surface area (Å²) in [6.45, 7) is 1.67. The standard InChI is InChI=1S/C16H15BrN4O3S/c1-10-8-12(17)2-3-13(10)24-9-14(22)19-16(25)21-20-15(23)11-4-6-18-7-5-11/h2-8H,9H2,1H3,(H,20,23)(H2,19,21,22,25). The van der Waals surface area contributed by atoms with Gasteiger partial charge in [-0.25, -0.2) is 0 Å². The van der Waals surface area contributed by atoms with Crippen LogP contribution in [0.4, 0.5) is 0 Å². The van der Waals surface area contributed by atoms with Gasteiger partial charge in [-0.3, -0.25) is 30.7 Å². The van der Waals surface area contributed by atoms with E-state index in [-0.39, 0.29) is 11.7 Å². The van der Waals surface area contributed by atoms with Crippen molar-refractivity contribution in [2.75, 3.05) is 6.61 Å². The molecule has 0 saturated heterocycles. The Bertz CT molecular complexity index is 786. The Kier molecular flexibility index (Phi) is 6.84. The fraction of sp³-hybridized carbons (Fsp3) is 0.125. The summed E-state index contributed by atoms with van der Waals surface area (Å²) in [6.07, 6.45) is 2.99. The Morgan fingerprint density at radius 2 is 1.92 bits per heavy atom. The molecule has 2 rings (SSSR count). The number of amides is 2. The molecule has 0 spiro atoms. The number of aromatic nitrogens is 1. The predicted octanol–water partition coefficient (Wildman–Crippen LogP) is 1.87. The molecular weight excluding hydrogens is 408 g/mol. The van der Waals surface area contributed by atoms with E-state index in [2.05, 4.69) is 37.1 Å². The molecule has 9 heteroatoms. The largest absolute Gasteiger partial charge is 0.483 e. The van der Waals surface area contributed by atoms with Crippen molar-refractivity contribution in [1.82, 2.24) is 21.2 Å². The average Bonchev–Trinajstić information content (AvgIpc) is 2.59. The lowest BCUT2D eigenvalue weighted by atomic mass is 10.2. The first-order valence-corrected chi connectivity index (χ1v) is 8.35. The number of aryl methyl sites for hydroxylation is 1. The van der Waals surface area contributed by atoms with E-state index in [9.17, 15) is 9.59 Å². The molecule has 1 aromatic carbocycles. The lowest BCUT2D eigenvalue weighted by Gasteiger charge is -2.12. The first-order chi connectivity index (χ1) is 12.0. The Labute approximate surface area is 158 Å². The van der Waals surface area contributed by atoms with Gasteiger partial charge in [0.2, 0.25) is 0 Å². The number of benzene rings is 1. The zero-order valence-electron chi connectivity index (χ0n) is 13.2. The number of thiocarbonyl (C=S) groups is 1. The highest BCUT2D eigenvalue weighted by atomic mass is 79.9. The molecule has 1 heterocycles. The van der Waals surface area contributed by atoms with Crippen LogP contribution in [0.1, 0.15) is 15.9 Å². The molecule has 0 aliphatic rings. The number of hydrogen-bond donors (Lipinski definition) is 3. The van der Waals surface area contributed by atoms with Crippen molar-refractivity contribution in [3.8, 4) is 5.75 Å². The minimum Gasteiger partial charge on any atom is -0.483 e. The van der Waals surface area contributed by atoms with Crippen LogP contribution in [-0.4, -0.2) is 28.5 Å². The van der Waals surface area contributed by atoms with Gasteiger partial charge in [0.05, 0.1) is 0 Å². The molecule has 0 radical (unpaired) electrons. The van der Waals surface area contributed by atoms with Crippen molar-refractivity contribution in [3.63, 3.8) is 0 Å². The second kappa shape index (κ2) is 9.09. The summed E-state index contributed by atoms with van der Waals surface area (Å²) < 4.78 is 6.36. The molecule has 0 aliphatic carbocycles. The smallest absolute Gasteiger partial charge is 0.269 e. The highest BCUT2D eigenvalue weighted by Crippen LogP contribution is 2.21. The van der Waals surface area contributed by atoms with Crippen molar-refractivity contribution >= 4 is 45.1 Å². The van der Waals surface area contributed by atoms with E-state index in [1.807, 2.05) is 19.1 Å². The summed E-state index contributed by atoms with van der Waals surface area (Å²) in [5.41, 5.74) is 6.13. The number of rotatable bonds is 4. The second-order valence-corrected chi connectivity index (χ2v) is 6.21. The third-order valence-electron chi connectivity index (χ3n) is 2.98. The van der Waals surface area contributed by atoms with Crippen molar-refractivity contribution in [2.24, 2.45) is 0 Å². The number of carbonyl (C=O) groups excluding carboxylic acids is 2. The third kappa shape index (κ3) is 6.12. The maximum Gasteiger partial charge on any atom is 0.269 e. The number of carbonyl (C=O) groups is 2. The van der Waals surface area contributed by atoms with Crippen LogP contribution in [0.25, 0.3) is 0 Å². The molecule has 3 N–H and O–H groups in total. The van der Waals surface area contributed by atoms with Crippen LogP contribution in [0.15, 0.2) is 47.2 Å². The Morgan fingerprint density at radius 3 is 2.60 bits per heavy atom. The van der Waals surface area contributed by atoms with Gasteiger partial charge in [-0.1, -0.05) is 15.9 Å². The van der Waals surface area contributed by atoms with Crippen molar-refractivity contribution in [1.29, 1.82) is 0 Å². The lowest BCUT2D eigenvalue weighted by Crippen LogP contribution is -2.49. The lowest BCUT2D eigenvalue weighted by molar-refractivity contribution is -0.121. The van der Waals surface area contributed by atoms with Gasteiger partial charge in [-0.15, -0.1) is 0 Å². The van der Waals surface area contributed by atoms with E-state index in [1.54, 1.807) is 18.2 Å². The molecule has 130 valence electrons. The summed E-state index contributed by atoms with van der Waals surface area (Å²) >= 11 is 8.30. The van der Waals surface area contributed by atoms with E-state index >= 15 is 0 Å². The zero-order chi connectivity index (χ0) is 18.2. The van der Waals surface area contributed by atoms with E-state index in [1.165, 1.54) is 12.4 Å². The number of nitrogens with zero attached hydrogens (tertiary/aromatic N) is 1. The summed E-state index contributed by atoms with van der Waals surface area (Å²) in [4.78, 5) is 27.5. The summed E-state index contributed by atoms with van der Waals surface area (Å²) in [7, 11) is 0. The third-order valence-corrected chi connectivity index (χ3v) is 3.68. The maximum atomic E-state index is 11.8. The number of hydrogen-bond acceptors (Lipinski definition) is 5. The van der Waals surface area contributed by atoms with Crippen LogP contribution < -0.4 is 20.9 Å². The van der Waals surface area contributed by atoms with Crippen LogP contribution in [0, 0.1) is 6.92 Å². The minimum atomic E-state index is -0.446. The van der Waals surface area contributed by atoms with Gasteiger partial charge < -0.3 is 4.74 Å². The van der Waals surface area contributed by atoms with Gasteiger partial charge in [-0.2, -0.15) is 0 Å². The fourth-order valence-electron chi connectivity index (χ4n) is 1.80. The maximum absolute atomic E-state index is 11.8. The fourth-order valence-corrected chi connectivity index (χ4v) is 2.44. The van der Waals surface area contributed by atoms with E-state index in [4.69, 9.17) is 17.0 Å². The molecular formula is C16H15BrN4O3S. The van der Waals surface area contributed by atoms with E-state index < -0.39 is 11.8 Å². The normalized spacial score (nSPS) is 9.84. The molecule has 0 saturated carbocycles. The van der Waals surface area contributed by atoms with Crippen molar-refractivity contribution in [2.45, 2.75) is 6.92 Å². The Morgan fingerprint density at radius 1 is 1.20 bits per heavy atom. The van der Waals surface area contributed by atoms with Gasteiger partial charge in [0.15, 0.2) is 11.7 Å². The molecule has 0 fully saturated rings. The molecule has 0 bridgehead atoms. The first-order valence-electron chi connectivity index (χ1n) is 7.15. The summed E-state index contributed by atoms with van der Waals surface area (Å²) in [6, 6.07) is 8.56. The van der Waals surface area contributed by atoms with Gasteiger partial charge >= 0.3 is 0 Å². The SMILES string of the molecule is Cc1cc(Br)ccc1OCC(=O)NC(=S)NNC(=O)c1ccncc1. The predicted molar refractivity (Wildman–Crippen MR) is 100.0 cm³/mol. The zero-order valence-corrected chi connectivity index (χ0v) is 15.6. The number of nitrogens with one attached hydrogen (secondary N) is 3. The molecule has 0 atom stereocenters. The molecule has 25 heavy (non-hydrogen) atoms. The van der Waals surface area contributed by atoms with Gasteiger partial charge in [0.1, 0.15) is 5.75 Å². The first kappa shape index (κ1) is 18.8. The van der Waals surface area contributed by atoms with Crippen LogP contribution in [0.5, 0.6) is 5.75 Å². The highest BCUT2D eigenvalue weighted by molar-refractivity contribution is 9.10. The molecule has 0 aliphatic heterocycles. The molecule has 7 nitrogen and oxygen atoms in total. The van der Waals surface area contributed by atoms with E-state index in [0.717, 1.165) is 10.0 Å². The molecule has 2 amide bonds. The molecule has 1 aromatic heterocycles. The van der Waals surface area contributed by atoms with Crippen molar-refractivity contribution in [3.05, 3.63) is 58.3 Å². The number of pyridine rings is 1. The van der Waals surface area contributed by atoms with Crippen molar-refractivity contribution < 1.29 is 14.3 Å². The van der Waals surface area contributed by atoms with E-state index in [0.29, 0.717) is 11.3 Å². The molecule has 0 unspecified atom stereocenters. The number of ether oxygens (including phenoxy) is 1. The van der Waals surface area contributed by atoms with Crippen LogP contribution in [0.3, 0.4) is 0 Å². The van der Waals surface area contributed by atoms with Gasteiger partial charge in [-0.05, 0) is 55.0 Å². The number of halogens is 1. The summed E-state index contributed by atoms with van der Waals surface area (Å²) in [5, 5.41) is 2.37. The highest BCUT2D eigenvalue weighted by Gasteiger charge is 2.09. The Balaban J connectivity index is 1.74. The average molecular weight is 423 g/mol. The number of hydrazine groups is 1. The van der Waals surface area contributed by atoms with Gasteiger partial charge in [0, 0.05) is 22.4 Å². The Hall–Kier alpha value is -2.52.